The predicted octanol–water partition coefficient (Wildman–Crippen LogP) is 6.24. The van der Waals surface area contributed by atoms with Crippen molar-refractivity contribution < 1.29 is 32.6 Å². The van der Waals surface area contributed by atoms with Crippen LogP contribution in [-0.4, -0.2) is 50.8 Å². The van der Waals surface area contributed by atoms with Crippen LogP contribution in [0.2, 0.25) is 0 Å². The minimum absolute atomic E-state index is 0.0547. The molecule has 0 radical (unpaired) electrons. The van der Waals surface area contributed by atoms with Crippen LogP contribution in [0.5, 0.6) is 5.75 Å². The second kappa shape index (κ2) is 19.8. The Kier molecular flexibility index (Phi) is 15.9. The van der Waals surface area contributed by atoms with E-state index in [9.17, 15) is 14.0 Å². The highest BCUT2D eigenvalue weighted by atomic mass is 19.1. The standard InChI is InChI=1S/C37H52FN3O6/c1-6-26(4)35(37(43)40-21-27-8-11-30(38)12-9-27)41-36(42)32(25(2)3)15-13-31(39)24-46-22-28-10-14-33(29-16-19-45-23-29)34(20-28)47-18-7-17-44-5/h8-12,14,16,19-20,23,25-26,31-32,35H,6-7,13,15,17-18,21-22,24,39H2,1-5H3,(H,40,43)(H,41,42)/t26?,31?,32-,35?/m0/s1. The maximum absolute atomic E-state index is 13.5. The van der Waals surface area contributed by atoms with Gasteiger partial charge in [0.2, 0.25) is 11.8 Å². The summed E-state index contributed by atoms with van der Waals surface area (Å²) in [5, 5.41) is 5.91. The van der Waals surface area contributed by atoms with Gasteiger partial charge in [0.25, 0.3) is 0 Å². The lowest BCUT2D eigenvalue weighted by Crippen LogP contribution is -2.52. The normalized spacial score (nSPS) is 14.0. The van der Waals surface area contributed by atoms with Crippen molar-refractivity contribution in [1.82, 2.24) is 10.6 Å². The molecule has 0 saturated heterocycles. The molecule has 0 saturated carbocycles. The highest BCUT2D eigenvalue weighted by Crippen LogP contribution is 2.32. The molecular formula is C37H52FN3O6. The summed E-state index contributed by atoms with van der Waals surface area (Å²) in [6.07, 6.45) is 5.97. The summed E-state index contributed by atoms with van der Waals surface area (Å²) in [6, 6.07) is 12.9. The van der Waals surface area contributed by atoms with Gasteiger partial charge in [0.1, 0.15) is 17.6 Å². The number of carbonyl (C=O) groups is 2. The van der Waals surface area contributed by atoms with E-state index in [1.165, 1.54) is 12.1 Å². The van der Waals surface area contributed by atoms with Crippen LogP contribution in [0.1, 0.15) is 64.5 Å². The maximum atomic E-state index is 13.5. The van der Waals surface area contributed by atoms with Crippen LogP contribution in [0.3, 0.4) is 0 Å². The molecule has 2 aromatic carbocycles. The van der Waals surface area contributed by atoms with Crippen LogP contribution < -0.4 is 21.1 Å². The Morgan fingerprint density at radius 1 is 0.979 bits per heavy atom. The molecule has 47 heavy (non-hydrogen) atoms. The van der Waals surface area contributed by atoms with Crippen molar-refractivity contribution in [3.05, 3.63) is 78.0 Å². The molecule has 3 rings (SSSR count). The van der Waals surface area contributed by atoms with Gasteiger partial charge >= 0.3 is 0 Å². The van der Waals surface area contributed by atoms with Crippen LogP contribution in [-0.2, 0) is 32.2 Å². The average Bonchev–Trinajstić information content (AvgIpc) is 3.60. The van der Waals surface area contributed by atoms with Crippen molar-refractivity contribution in [3.63, 3.8) is 0 Å². The SMILES string of the molecule is CCC(C)C(NC(=O)[C@@H](CCC(N)COCc1ccc(-c2ccoc2)c(OCCCOC)c1)C(C)C)C(=O)NCc1ccc(F)cc1. The summed E-state index contributed by atoms with van der Waals surface area (Å²) in [4.78, 5) is 26.6. The Balaban J connectivity index is 1.52. The summed E-state index contributed by atoms with van der Waals surface area (Å²) in [6.45, 7) is 10.0. The van der Waals surface area contributed by atoms with Gasteiger partial charge in [-0.1, -0.05) is 58.4 Å². The molecule has 10 heteroatoms. The number of hydrogen-bond acceptors (Lipinski definition) is 7. The molecule has 0 aliphatic heterocycles. The average molecular weight is 654 g/mol. The van der Waals surface area contributed by atoms with Gasteiger partial charge in [-0.25, -0.2) is 4.39 Å². The molecule has 4 atom stereocenters. The molecule has 9 nitrogen and oxygen atoms in total. The first-order valence-electron chi connectivity index (χ1n) is 16.6. The van der Waals surface area contributed by atoms with Crippen LogP contribution >= 0.6 is 0 Å². The smallest absolute Gasteiger partial charge is 0.243 e. The van der Waals surface area contributed by atoms with E-state index in [1.807, 2.05) is 52.0 Å². The Hall–Kier alpha value is -3.73. The number of nitrogens with one attached hydrogen (secondary N) is 2. The lowest BCUT2D eigenvalue weighted by molar-refractivity contribution is -0.133. The van der Waals surface area contributed by atoms with Gasteiger partial charge < -0.3 is 35.0 Å². The summed E-state index contributed by atoms with van der Waals surface area (Å²) in [7, 11) is 1.67. The Morgan fingerprint density at radius 3 is 2.38 bits per heavy atom. The molecule has 1 heterocycles. The lowest BCUT2D eigenvalue weighted by Gasteiger charge is -2.28. The number of nitrogens with two attached hydrogens (primary N) is 1. The third kappa shape index (κ3) is 12.4. The molecule has 3 aromatic rings. The van der Waals surface area contributed by atoms with Crippen molar-refractivity contribution in [2.24, 2.45) is 23.5 Å². The van der Waals surface area contributed by atoms with E-state index >= 15 is 0 Å². The van der Waals surface area contributed by atoms with E-state index in [4.69, 9.17) is 24.4 Å². The molecule has 258 valence electrons. The second-order valence-corrected chi connectivity index (χ2v) is 12.5. The van der Waals surface area contributed by atoms with Gasteiger partial charge in [-0.05, 0) is 60.1 Å². The maximum Gasteiger partial charge on any atom is 0.243 e. The minimum atomic E-state index is -0.681. The number of methoxy groups -OCH3 is 1. The van der Waals surface area contributed by atoms with E-state index in [-0.39, 0.29) is 48.0 Å². The number of hydrogen-bond donors (Lipinski definition) is 3. The van der Waals surface area contributed by atoms with Gasteiger partial charge in [0.15, 0.2) is 0 Å². The van der Waals surface area contributed by atoms with Crippen LogP contribution in [0.4, 0.5) is 4.39 Å². The topological polar surface area (TPSA) is 125 Å². The minimum Gasteiger partial charge on any atom is -0.493 e. The van der Waals surface area contributed by atoms with Crippen LogP contribution in [0, 0.1) is 23.6 Å². The molecular weight excluding hydrogens is 601 g/mol. The van der Waals surface area contributed by atoms with Crippen molar-refractivity contribution in [2.45, 2.75) is 78.6 Å². The van der Waals surface area contributed by atoms with Gasteiger partial charge in [-0.2, -0.15) is 0 Å². The van der Waals surface area contributed by atoms with E-state index in [2.05, 4.69) is 10.6 Å². The zero-order chi connectivity index (χ0) is 34.2. The second-order valence-electron chi connectivity index (χ2n) is 12.5. The van der Waals surface area contributed by atoms with Crippen molar-refractivity contribution in [1.29, 1.82) is 0 Å². The summed E-state index contributed by atoms with van der Waals surface area (Å²) < 4.78 is 35.7. The van der Waals surface area contributed by atoms with Crippen LogP contribution in [0.25, 0.3) is 11.1 Å². The summed E-state index contributed by atoms with van der Waals surface area (Å²) in [5.74, 6) is -0.331. The van der Waals surface area contributed by atoms with Gasteiger partial charge in [0, 0.05) is 49.8 Å². The van der Waals surface area contributed by atoms with Gasteiger partial charge in [-0.15, -0.1) is 0 Å². The van der Waals surface area contributed by atoms with Crippen molar-refractivity contribution >= 4 is 11.8 Å². The fraction of sp³-hybridized carbons (Fsp3) is 0.514. The Bertz CT molecular complexity index is 1350. The van der Waals surface area contributed by atoms with Crippen molar-refractivity contribution in [3.8, 4) is 16.9 Å². The molecule has 1 aromatic heterocycles. The molecule has 0 bridgehead atoms. The van der Waals surface area contributed by atoms with Crippen molar-refractivity contribution in [2.75, 3.05) is 26.9 Å². The number of amides is 2. The first-order chi connectivity index (χ1) is 22.6. The summed E-state index contributed by atoms with van der Waals surface area (Å²) in [5.41, 5.74) is 10.0. The Morgan fingerprint density at radius 2 is 1.72 bits per heavy atom. The number of ether oxygens (including phenoxy) is 3. The van der Waals surface area contributed by atoms with E-state index in [0.29, 0.717) is 39.3 Å². The molecule has 0 aliphatic carbocycles. The molecule has 2 amide bonds. The number of benzene rings is 2. The molecule has 3 unspecified atom stereocenters. The molecule has 0 spiro atoms. The highest BCUT2D eigenvalue weighted by molar-refractivity contribution is 5.88. The monoisotopic (exact) mass is 653 g/mol. The summed E-state index contributed by atoms with van der Waals surface area (Å²) >= 11 is 0. The molecule has 0 fully saturated rings. The first kappa shape index (κ1) is 37.7. The number of furan rings is 1. The first-order valence-corrected chi connectivity index (χ1v) is 16.6. The fourth-order valence-corrected chi connectivity index (χ4v) is 5.25. The number of rotatable bonds is 21. The van der Waals surface area contributed by atoms with E-state index in [0.717, 1.165) is 40.8 Å². The Labute approximate surface area is 278 Å². The zero-order valence-electron chi connectivity index (χ0n) is 28.4. The lowest BCUT2D eigenvalue weighted by atomic mass is 9.88. The largest absolute Gasteiger partial charge is 0.493 e. The van der Waals surface area contributed by atoms with E-state index < -0.39 is 6.04 Å². The van der Waals surface area contributed by atoms with Gasteiger partial charge in [0.05, 0.1) is 32.3 Å². The zero-order valence-corrected chi connectivity index (χ0v) is 28.4. The number of halogens is 1. The van der Waals surface area contributed by atoms with E-state index in [1.54, 1.807) is 31.8 Å². The quantitative estimate of drug-likeness (QED) is 0.116. The van der Waals surface area contributed by atoms with Crippen LogP contribution in [0.15, 0.2) is 65.5 Å². The van der Waals surface area contributed by atoms with Gasteiger partial charge in [-0.3, -0.25) is 9.59 Å². The third-order valence-corrected chi connectivity index (χ3v) is 8.39. The third-order valence-electron chi connectivity index (χ3n) is 8.39. The predicted molar refractivity (Wildman–Crippen MR) is 181 cm³/mol. The molecule has 4 N–H and O–H groups in total. The number of carbonyl (C=O) groups excluding carboxylic acids is 2. The highest BCUT2D eigenvalue weighted by Gasteiger charge is 2.30. The molecule has 0 aliphatic rings. The fourth-order valence-electron chi connectivity index (χ4n) is 5.25.